The lowest BCUT2D eigenvalue weighted by molar-refractivity contribution is 0.107. The van der Waals surface area contributed by atoms with E-state index in [0.29, 0.717) is 18.8 Å². The third-order valence-corrected chi connectivity index (χ3v) is 2.27. The van der Waals surface area contributed by atoms with Crippen LogP contribution in [0.1, 0.15) is 6.92 Å². The van der Waals surface area contributed by atoms with Gasteiger partial charge in [-0.1, -0.05) is 5.92 Å². The second-order valence-corrected chi connectivity index (χ2v) is 3.70. The number of hydrogen-bond acceptors (Lipinski definition) is 4. The second kappa shape index (κ2) is 8.40. The van der Waals surface area contributed by atoms with Crippen LogP contribution in [0.4, 0.5) is 0 Å². The predicted octanol–water partition coefficient (Wildman–Crippen LogP) is 1.05. The van der Waals surface area contributed by atoms with Gasteiger partial charge in [-0.15, -0.1) is 5.92 Å². The Bertz CT molecular complexity index is 392. The summed E-state index contributed by atoms with van der Waals surface area (Å²) in [4.78, 5) is 0. The fourth-order valence-electron chi connectivity index (χ4n) is 1.31. The summed E-state index contributed by atoms with van der Waals surface area (Å²) in [6.07, 6.45) is -0.550. The molecule has 1 aromatic carbocycles. The number of methoxy groups -OCH3 is 1. The summed E-state index contributed by atoms with van der Waals surface area (Å²) < 4.78 is 10.5. The minimum Gasteiger partial charge on any atom is -0.497 e. The molecule has 1 rings (SSSR count). The maximum Gasteiger partial charge on any atom is 0.119 e. The van der Waals surface area contributed by atoms with E-state index in [1.165, 1.54) is 0 Å². The number of hydrogen-bond donors (Lipinski definition) is 2. The highest BCUT2D eigenvalue weighted by molar-refractivity contribution is 5.31. The first-order chi connectivity index (χ1) is 8.76. The molecule has 0 spiro atoms. The van der Waals surface area contributed by atoms with Gasteiger partial charge in [0, 0.05) is 6.54 Å². The van der Waals surface area contributed by atoms with E-state index in [2.05, 4.69) is 17.2 Å². The Balaban J connectivity index is 2.23. The lowest BCUT2D eigenvalue weighted by Gasteiger charge is -2.12. The molecule has 4 nitrogen and oxygen atoms in total. The first-order valence-electron chi connectivity index (χ1n) is 5.81. The molecule has 98 valence electrons. The van der Waals surface area contributed by atoms with Gasteiger partial charge in [-0.3, -0.25) is 0 Å². The van der Waals surface area contributed by atoms with Gasteiger partial charge >= 0.3 is 0 Å². The molecule has 0 aromatic heterocycles. The average Bonchev–Trinajstić information content (AvgIpc) is 2.42. The fraction of sp³-hybridized carbons (Fsp3) is 0.429. The first kappa shape index (κ1) is 14.4. The zero-order valence-electron chi connectivity index (χ0n) is 10.8. The third kappa shape index (κ3) is 5.58. The average molecular weight is 249 g/mol. The molecule has 1 atom stereocenters. The largest absolute Gasteiger partial charge is 0.497 e. The maximum absolute atomic E-state index is 9.65. The molecule has 0 aliphatic rings. The molecule has 0 saturated carbocycles. The van der Waals surface area contributed by atoms with E-state index in [-0.39, 0.29) is 6.61 Å². The van der Waals surface area contributed by atoms with Gasteiger partial charge in [0.2, 0.25) is 0 Å². The second-order valence-electron chi connectivity index (χ2n) is 3.70. The number of ether oxygens (including phenoxy) is 2. The monoisotopic (exact) mass is 249 g/mol. The van der Waals surface area contributed by atoms with Crippen LogP contribution in [0.25, 0.3) is 0 Å². The summed E-state index contributed by atoms with van der Waals surface area (Å²) in [7, 11) is 1.62. The van der Waals surface area contributed by atoms with E-state index in [4.69, 9.17) is 9.47 Å². The van der Waals surface area contributed by atoms with E-state index < -0.39 is 6.10 Å². The summed E-state index contributed by atoms with van der Waals surface area (Å²) in [6.45, 7) is 3.07. The molecule has 0 aliphatic carbocycles. The van der Waals surface area contributed by atoms with Crippen LogP contribution >= 0.6 is 0 Å². The van der Waals surface area contributed by atoms with Gasteiger partial charge in [0.1, 0.15) is 24.2 Å². The Hall–Kier alpha value is -1.70. The van der Waals surface area contributed by atoms with Crippen molar-refractivity contribution in [2.45, 2.75) is 13.0 Å². The Morgan fingerprint density at radius 1 is 1.28 bits per heavy atom. The molecule has 0 bridgehead atoms. The summed E-state index contributed by atoms with van der Waals surface area (Å²) in [5.41, 5.74) is 0. The molecule has 0 aliphatic heterocycles. The van der Waals surface area contributed by atoms with Gasteiger partial charge in [-0.05, 0) is 31.2 Å². The zero-order valence-corrected chi connectivity index (χ0v) is 10.8. The van der Waals surface area contributed by atoms with Crippen LogP contribution in [0, 0.1) is 11.8 Å². The molecule has 0 radical (unpaired) electrons. The molecular formula is C14H19NO3. The molecule has 0 heterocycles. The number of benzene rings is 1. The Morgan fingerprint density at radius 3 is 2.56 bits per heavy atom. The smallest absolute Gasteiger partial charge is 0.119 e. The van der Waals surface area contributed by atoms with E-state index in [0.717, 1.165) is 5.75 Å². The van der Waals surface area contributed by atoms with Crippen molar-refractivity contribution in [3.05, 3.63) is 24.3 Å². The van der Waals surface area contributed by atoms with Crippen molar-refractivity contribution in [3.63, 3.8) is 0 Å². The summed E-state index contributed by atoms with van der Waals surface area (Å²) in [5.74, 6) is 7.13. The van der Waals surface area contributed by atoms with Crippen LogP contribution in [0.15, 0.2) is 24.3 Å². The molecule has 1 aromatic rings. The van der Waals surface area contributed by atoms with Gasteiger partial charge in [-0.25, -0.2) is 0 Å². The predicted molar refractivity (Wildman–Crippen MR) is 70.8 cm³/mol. The summed E-state index contributed by atoms with van der Waals surface area (Å²) in [5, 5.41) is 12.7. The van der Waals surface area contributed by atoms with Crippen LogP contribution in [0.5, 0.6) is 11.5 Å². The third-order valence-electron chi connectivity index (χ3n) is 2.27. The number of aliphatic hydroxyl groups excluding tert-OH is 1. The van der Waals surface area contributed by atoms with Crippen LogP contribution in [0.3, 0.4) is 0 Å². The highest BCUT2D eigenvalue weighted by atomic mass is 16.5. The van der Waals surface area contributed by atoms with E-state index in [1.807, 2.05) is 24.3 Å². The van der Waals surface area contributed by atoms with Crippen LogP contribution < -0.4 is 14.8 Å². The highest BCUT2D eigenvalue weighted by Crippen LogP contribution is 2.16. The number of rotatable bonds is 7. The Labute approximate surface area is 108 Å². The van der Waals surface area contributed by atoms with Crippen molar-refractivity contribution in [1.29, 1.82) is 0 Å². The summed E-state index contributed by atoms with van der Waals surface area (Å²) in [6, 6.07) is 7.25. The van der Waals surface area contributed by atoms with Crippen molar-refractivity contribution < 1.29 is 14.6 Å². The quantitative estimate of drug-likeness (QED) is 0.560. The standard InChI is InChI=1S/C14H19NO3/c1-3-4-9-15-10-12(16)11-18-14-7-5-13(17-2)6-8-14/h5-8,12,15-16H,9-11H2,1-2H3. The molecular weight excluding hydrogens is 230 g/mol. The number of aliphatic hydroxyl groups is 1. The van der Waals surface area contributed by atoms with Gasteiger partial charge in [0.15, 0.2) is 0 Å². The van der Waals surface area contributed by atoms with Gasteiger partial charge in [0.05, 0.1) is 13.7 Å². The minimum absolute atomic E-state index is 0.249. The Kier molecular flexibility index (Phi) is 6.70. The number of nitrogens with one attached hydrogen (secondary N) is 1. The Morgan fingerprint density at radius 2 is 1.94 bits per heavy atom. The van der Waals surface area contributed by atoms with Crippen LogP contribution in [-0.4, -0.2) is 38.0 Å². The van der Waals surface area contributed by atoms with Crippen molar-refractivity contribution >= 4 is 0 Å². The van der Waals surface area contributed by atoms with E-state index in [1.54, 1.807) is 14.0 Å². The first-order valence-corrected chi connectivity index (χ1v) is 5.81. The SMILES string of the molecule is CC#CCNCC(O)COc1ccc(OC)cc1. The minimum atomic E-state index is -0.550. The fourth-order valence-corrected chi connectivity index (χ4v) is 1.31. The van der Waals surface area contributed by atoms with E-state index in [9.17, 15) is 5.11 Å². The molecule has 0 saturated heterocycles. The zero-order chi connectivity index (χ0) is 13.2. The highest BCUT2D eigenvalue weighted by Gasteiger charge is 2.04. The topological polar surface area (TPSA) is 50.7 Å². The van der Waals surface area contributed by atoms with Crippen molar-refractivity contribution in [3.8, 4) is 23.3 Å². The molecule has 0 amide bonds. The van der Waals surface area contributed by atoms with Gasteiger partial charge in [-0.2, -0.15) is 0 Å². The van der Waals surface area contributed by atoms with Crippen LogP contribution in [0.2, 0.25) is 0 Å². The normalized spacial score (nSPS) is 11.3. The van der Waals surface area contributed by atoms with Gasteiger partial charge < -0.3 is 19.9 Å². The molecule has 2 N–H and O–H groups in total. The van der Waals surface area contributed by atoms with Gasteiger partial charge in [0.25, 0.3) is 0 Å². The lowest BCUT2D eigenvalue weighted by Crippen LogP contribution is -2.31. The maximum atomic E-state index is 9.65. The molecule has 0 fully saturated rings. The lowest BCUT2D eigenvalue weighted by atomic mass is 10.3. The van der Waals surface area contributed by atoms with Crippen molar-refractivity contribution in [1.82, 2.24) is 5.32 Å². The van der Waals surface area contributed by atoms with Crippen LogP contribution in [-0.2, 0) is 0 Å². The van der Waals surface area contributed by atoms with E-state index >= 15 is 0 Å². The summed E-state index contributed by atoms with van der Waals surface area (Å²) >= 11 is 0. The molecule has 1 unspecified atom stereocenters. The molecule has 18 heavy (non-hydrogen) atoms. The van der Waals surface area contributed by atoms with Crippen molar-refractivity contribution in [2.75, 3.05) is 26.8 Å². The van der Waals surface area contributed by atoms with Crippen molar-refractivity contribution in [2.24, 2.45) is 0 Å². The molecule has 4 heteroatoms.